The SMILES string of the molecule is c1ccc(-c2occ3ccc(C4Nc5ccccc5C(c5ccccc5)(c5ccccc5)O4)cc23)cc1. The Labute approximate surface area is 216 Å². The lowest BCUT2D eigenvalue weighted by Gasteiger charge is -2.44. The van der Waals surface area contributed by atoms with Crippen molar-refractivity contribution in [3.05, 3.63) is 162 Å². The number of ether oxygens (including phenoxy) is 1. The van der Waals surface area contributed by atoms with E-state index in [0.29, 0.717) is 0 Å². The largest absolute Gasteiger partial charge is 0.463 e. The van der Waals surface area contributed by atoms with E-state index in [2.05, 4.69) is 108 Å². The Morgan fingerprint density at radius 3 is 1.95 bits per heavy atom. The summed E-state index contributed by atoms with van der Waals surface area (Å²) in [7, 11) is 0. The van der Waals surface area contributed by atoms with Gasteiger partial charge in [0.25, 0.3) is 0 Å². The summed E-state index contributed by atoms with van der Waals surface area (Å²) in [5.74, 6) is 0.867. The Kier molecular flexibility index (Phi) is 5.16. The van der Waals surface area contributed by atoms with Crippen molar-refractivity contribution in [2.45, 2.75) is 11.8 Å². The van der Waals surface area contributed by atoms with Crippen LogP contribution in [-0.4, -0.2) is 0 Å². The molecule has 7 rings (SSSR count). The van der Waals surface area contributed by atoms with E-state index < -0.39 is 5.60 Å². The maximum absolute atomic E-state index is 7.19. The third kappa shape index (κ3) is 3.55. The minimum atomic E-state index is -0.775. The molecule has 0 aliphatic carbocycles. The van der Waals surface area contributed by atoms with Gasteiger partial charge in [0, 0.05) is 33.2 Å². The van der Waals surface area contributed by atoms with Crippen LogP contribution in [0.3, 0.4) is 0 Å². The van der Waals surface area contributed by atoms with Gasteiger partial charge in [-0.05, 0) is 23.3 Å². The van der Waals surface area contributed by atoms with E-state index in [1.807, 2.05) is 36.6 Å². The number of rotatable bonds is 4. The lowest BCUT2D eigenvalue weighted by atomic mass is 9.78. The van der Waals surface area contributed by atoms with Gasteiger partial charge in [-0.3, -0.25) is 0 Å². The van der Waals surface area contributed by atoms with Gasteiger partial charge in [-0.1, -0.05) is 121 Å². The van der Waals surface area contributed by atoms with E-state index in [1.54, 1.807) is 0 Å². The summed E-state index contributed by atoms with van der Waals surface area (Å²) in [5, 5.41) is 5.80. The third-order valence-corrected chi connectivity index (χ3v) is 7.21. The fourth-order valence-electron chi connectivity index (χ4n) is 5.47. The summed E-state index contributed by atoms with van der Waals surface area (Å²) < 4.78 is 13.2. The summed E-state index contributed by atoms with van der Waals surface area (Å²) in [6, 6.07) is 46.1. The van der Waals surface area contributed by atoms with Crippen LogP contribution in [-0.2, 0) is 10.3 Å². The highest BCUT2D eigenvalue weighted by Crippen LogP contribution is 2.50. The van der Waals surface area contributed by atoms with Crippen LogP contribution >= 0.6 is 0 Å². The number of hydrogen-bond acceptors (Lipinski definition) is 3. The van der Waals surface area contributed by atoms with Gasteiger partial charge < -0.3 is 14.5 Å². The van der Waals surface area contributed by atoms with Crippen LogP contribution < -0.4 is 5.32 Å². The second kappa shape index (κ2) is 8.81. The zero-order valence-corrected chi connectivity index (χ0v) is 20.2. The van der Waals surface area contributed by atoms with E-state index in [-0.39, 0.29) is 6.23 Å². The van der Waals surface area contributed by atoms with Crippen molar-refractivity contribution in [3.8, 4) is 11.3 Å². The highest BCUT2D eigenvalue weighted by atomic mass is 16.5. The summed E-state index contributed by atoms with van der Waals surface area (Å²) in [4.78, 5) is 0. The van der Waals surface area contributed by atoms with Crippen LogP contribution in [0.5, 0.6) is 0 Å². The standard InChI is InChI=1S/C34H25NO2/c1-4-12-24(13-5-1)32-29-22-25(20-21-26(29)23-36-32)33-35-31-19-11-10-18-30(31)34(37-33,27-14-6-2-7-15-27)28-16-8-3-9-17-28/h1-23,33,35H. The molecule has 1 N–H and O–H groups in total. The third-order valence-electron chi connectivity index (χ3n) is 7.21. The van der Waals surface area contributed by atoms with Gasteiger partial charge in [0.2, 0.25) is 0 Å². The molecule has 178 valence electrons. The van der Waals surface area contributed by atoms with Gasteiger partial charge in [0.15, 0.2) is 6.23 Å². The number of benzene rings is 5. The first kappa shape index (κ1) is 21.7. The Bertz CT molecular complexity index is 1630. The second-order valence-corrected chi connectivity index (χ2v) is 9.38. The lowest BCUT2D eigenvalue weighted by molar-refractivity contribution is -0.0431. The number of para-hydroxylation sites is 1. The molecule has 1 aromatic heterocycles. The maximum atomic E-state index is 7.19. The van der Waals surface area contributed by atoms with Crippen LogP contribution in [0.1, 0.15) is 28.5 Å². The smallest absolute Gasteiger partial charge is 0.156 e. The molecule has 0 saturated carbocycles. The zero-order chi connectivity index (χ0) is 24.7. The monoisotopic (exact) mass is 479 g/mol. The second-order valence-electron chi connectivity index (χ2n) is 9.38. The zero-order valence-electron chi connectivity index (χ0n) is 20.2. The average molecular weight is 480 g/mol. The summed E-state index contributed by atoms with van der Waals surface area (Å²) in [6.07, 6.45) is 1.45. The predicted molar refractivity (Wildman–Crippen MR) is 148 cm³/mol. The van der Waals surface area contributed by atoms with Gasteiger partial charge in [-0.15, -0.1) is 0 Å². The molecular formula is C34H25NO2. The van der Waals surface area contributed by atoms with Crippen LogP contribution in [0.2, 0.25) is 0 Å². The summed E-state index contributed by atoms with van der Waals surface area (Å²) in [5.41, 5.74) is 5.66. The normalized spacial score (nSPS) is 16.2. The van der Waals surface area contributed by atoms with Crippen LogP contribution in [0.15, 0.2) is 144 Å². The van der Waals surface area contributed by atoms with E-state index in [1.165, 1.54) is 0 Å². The average Bonchev–Trinajstić information content (AvgIpc) is 3.41. The van der Waals surface area contributed by atoms with Crippen molar-refractivity contribution >= 4 is 16.5 Å². The Hall–Kier alpha value is -4.60. The molecule has 0 amide bonds. The van der Waals surface area contributed by atoms with Crippen LogP contribution in [0, 0.1) is 0 Å². The molecule has 5 aromatic carbocycles. The molecule has 3 heteroatoms. The Balaban J connectivity index is 1.42. The molecule has 0 spiro atoms. The number of fused-ring (bicyclic) bond motifs is 2. The van der Waals surface area contributed by atoms with Crippen LogP contribution in [0.4, 0.5) is 5.69 Å². The number of anilines is 1. The van der Waals surface area contributed by atoms with Gasteiger partial charge in [-0.2, -0.15) is 0 Å². The van der Waals surface area contributed by atoms with Gasteiger partial charge in [0.1, 0.15) is 11.4 Å². The highest BCUT2D eigenvalue weighted by molar-refractivity contribution is 5.94. The molecule has 6 aromatic rings. The van der Waals surface area contributed by atoms with Crippen molar-refractivity contribution in [1.82, 2.24) is 0 Å². The molecule has 0 bridgehead atoms. The van der Waals surface area contributed by atoms with E-state index in [4.69, 9.17) is 9.15 Å². The van der Waals surface area contributed by atoms with Gasteiger partial charge in [0.05, 0.1) is 6.26 Å². The molecule has 0 fully saturated rings. The predicted octanol–water partition coefficient (Wildman–Crippen LogP) is 8.53. The van der Waals surface area contributed by atoms with Gasteiger partial charge >= 0.3 is 0 Å². The van der Waals surface area contributed by atoms with Crippen LogP contribution in [0.25, 0.3) is 22.1 Å². The molecule has 0 saturated heterocycles. The first-order valence-electron chi connectivity index (χ1n) is 12.5. The first-order valence-corrected chi connectivity index (χ1v) is 12.5. The number of furan rings is 1. The molecule has 1 atom stereocenters. The van der Waals surface area contributed by atoms with Crippen molar-refractivity contribution in [1.29, 1.82) is 0 Å². The summed E-state index contributed by atoms with van der Waals surface area (Å²) in [6.45, 7) is 0. The fraction of sp³-hybridized carbons (Fsp3) is 0.0588. The van der Waals surface area contributed by atoms with Crippen molar-refractivity contribution < 1.29 is 9.15 Å². The number of nitrogens with one attached hydrogen (secondary N) is 1. The maximum Gasteiger partial charge on any atom is 0.156 e. The number of hydrogen-bond donors (Lipinski definition) is 1. The van der Waals surface area contributed by atoms with E-state index >= 15 is 0 Å². The van der Waals surface area contributed by atoms with Crippen molar-refractivity contribution in [2.24, 2.45) is 0 Å². The van der Waals surface area contributed by atoms with E-state index in [0.717, 1.165) is 50.0 Å². The highest BCUT2D eigenvalue weighted by Gasteiger charge is 2.45. The molecule has 37 heavy (non-hydrogen) atoms. The van der Waals surface area contributed by atoms with Crippen molar-refractivity contribution in [2.75, 3.05) is 5.32 Å². The minimum absolute atomic E-state index is 0.377. The van der Waals surface area contributed by atoms with Crippen molar-refractivity contribution in [3.63, 3.8) is 0 Å². The van der Waals surface area contributed by atoms with E-state index in [9.17, 15) is 0 Å². The molecule has 1 aliphatic rings. The molecule has 1 aliphatic heterocycles. The Morgan fingerprint density at radius 2 is 1.24 bits per heavy atom. The molecule has 0 radical (unpaired) electrons. The van der Waals surface area contributed by atoms with Gasteiger partial charge in [-0.25, -0.2) is 0 Å². The molecule has 3 nitrogen and oxygen atoms in total. The molecular weight excluding hydrogens is 454 g/mol. The topological polar surface area (TPSA) is 34.4 Å². The Morgan fingerprint density at radius 1 is 0.622 bits per heavy atom. The molecule has 2 heterocycles. The fourth-order valence-corrected chi connectivity index (χ4v) is 5.47. The summed E-state index contributed by atoms with van der Waals surface area (Å²) >= 11 is 0. The quantitative estimate of drug-likeness (QED) is 0.275. The lowest BCUT2D eigenvalue weighted by Crippen LogP contribution is -2.40. The molecule has 1 unspecified atom stereocenters. The minimum Gasteiger partial charge on any atom is -0.463 e. The first-order chi connectivity index (χ1) is 18.3.